The Kier molecular flexibility index (Phi) is 4.12. The van der Waals surface area contributed by atoms with Gasteiger partial charge in [0.15, 0.2) is 0 Å². The molecule has 0 aliphatic rings. The van der Waals surface area contributed by atoms with Crippen LogP contribution in [-0.2, 0) is 4.79 Å². The highest BCUT2D eigenvalue weighted by molar-refractivity contribution is 14.2. The quantitative estimate of drug-likeness (QED) is 0.675. The maximum Gasteiger partial charge on any atom is 0.221 e. The number of halogens is 1. The maximum atomic E-state index is 11.0. The number of aromatic nitrogens is 2. The standard InChI is InChI=1S/C11H11IN3OP/c1-8(16)14-11-4-2-3-9(5-11)10-6-13-15(7-10)17-12/h2-7,17H,1H3,(H,14,16). The molecule has 0 fully saturated rings. The lowest BCUT2D eigenvalue weighted by Gasteiger charge is -2.03. The third-order valence-corrected chi connectivity index (χ3v) is 4.09. The third-order valence-electron chi connectivity index (χ3n) is 2.19. The molecule has 1 atom stereocenters. The minimum Gasteiger partial charge on any atom is -0.326 e. The Morgan fingerprint density at radius 3 is 2.94 bits per heavy atom. The van der Waals surface area contributed by atoms with Crippen LogP contribution in [0.15, 0.2) is 36.7 Å². The molecule has 0 radical (unpaired) electrons. The van der Waals surface area contributed by atoms with Crippen molar-refractivity contribution in [2.75, 3.05) is 5.32 Å². The fourth-order valence-corrected chi connectivity index (χ4v) is 2.58. The van der Waals surface area contributed by atoms with Crippen LogP contribution in [0.25, 0.3) is 11.1 Å². The Morgan fingerprint density at radius 1 is 1.47 bits per heavy atom. The van der Waals surface area contributed by atoms with Crippen LogP contribution in [-0.4, -0.2) is 15.5 Å². The van der Waals surface area contributed by atoms with Crippen LogP contribution < -0.4 is 5.32 Å². The van der Waals surface area contributed by atoms with E-state index in [9.17, 15) is 4.79 Å². The maximum absolute atomic E-state index is 11.0. The molecule has 0 bridgehead atoms. The number of anilines is 1. The van der Waals surface area contributed by atoms with Crippen molar-refractivity contribution in [1.29, 1.82) is 0 Å². The summed E-state index contributed by atoms with van der Waals surface area (Å²) in [5.41, 5.74) is 2.91. The number of nitrogens with one attached hydrogen (secondary N) is 1. The average Bonchev–Trinajstić information content (AvgIpc) is 2.77. The minimum atomic E-state index is -0.0633. The molecule has 4 nitrogen and oxygen atoms in total. The Hall–Kier alpha value is -0.940. The van der Waals surface area contributed by atoms with Crippen molar-refractivity contribution in [1.82, 2.24) is 9.55 Å². The van der Waals surface area contributed by atoms with Crippen molar-refractivity contribution in [3.63, 3.8) is 0 Å². The molecule has 2 rings (SSSR count). The van der Waals surface area contributed by atoms with Gasteiger partial charge in [-0.1, -0.05) is 12.1 Å². The van der Waals surface area contributed by atoms with E-state index in [1.165, 1.54) is 6.92 Å². The van der Waals surface area contributed by atoms with E-state index < -0.39 is 0 Å². The number of carbonyl (C=O) groups excluding carboxylic acids is 1. The molecule has 0 aliphatic carbocycles. The van der Waals surface area contributed by atoms with E-state index in [0.717, 1.165) is 16.8 Å². The summed E-state index contributed by atoms with van der Waals surface area (Å²) < 4.78 is 1.89. The summed E-state index contributed by atoms with van der Waals surface area (Å²) in [5, 5.41) is 7.01. The zero-order valence-corrected chi connectivity index (χ0v) is 12.3. The summed E-state index contributed by atoms with van der Waals surface area (Å²) in [5.74, 6) is -0.0633. The molecule has 0 aliphatic heterocycles. The lowest BCUT2D eigenvalue weighted by Crippen LogP contribution is -2.05. The Balaban J connectivity index is 2.29. The zero-order valence-electron chi connectivity index (χ0n) is 9.14. The van der Waals surface area contributed by atoms with Gasteiger partial charge in [0, 0.05) is 24.4 Å². The molecule has 0 saturated heterocycles. The molecule has 1 aromatic heterocycles. The number of hydrogen-bond donors (Lipinski definition) is 1. The molecular weight excluding hydrogens is 348 g/mol. The van der Waals surface area contributed by atoms with Crippen LogP contribution in [0.2, 0.25) is 0 Å². The first-order valence-corrected chi connectivity index (χ1v) is 9.04. The van der Waals surface area contributed by atoms with E-state index in [4.69, 9.17) is 0 Å². The average molecular weight is 359 g/mol. The van der Waals surface area contributed by atoms with Crippen LogP contribution in [0.4, 0.5) is 5.69 Å². The van der Waals surface area contributed by atoms with E-state index in [2.05, 4.69) is 32.5 Å². The molecular formula is C11H11IN3OP. The highest BCUT2D eigenvalue weighted by atomic mass is 127. The van der Waals surface area contributed by atoms with Crippen molar-refractivity contribution in [2.24, 2.45) is 0 Å². The van der Waals surface area contributed by atoms with Crippen LogP contribution >= 0.6 is 28.4 Å². The summed E-state index contributed by atoms with van der Waals surface area (Å²) in [4.78, 5) is 11.0. The smallest absolute Gasteiger partial charge is 0.221 e. The first-order valence-electron chi connectivity index (χ1n) is 4.98. The van der Waals surface area contributed by atoms with Gasteiger partial charge in [0.25, 0.3) is 0 Å². The van der Waals surface area contributed by atoms with Crippen molar-refractivity contribution >= 4 is 40.0 Å². The highest BCUT2D eigenvalue weighted by Crippen LogP contribution is 2.27. The van der Waals surface area contributed by atoms with E-state index >= 15 is 0 Å². The molecule has 1 amide bonds. The second kappa shape index (κ2) is 5.60. The minimum absolute atomic E-state index is 0.0633. The molecule has 2 aromatic rings. The lowest BCUT2D eigenvalue weighted by molar-refractivity contribution is -0.114. The highest BCUT2D eigenvalue weighted by Gasteiger charge is 2.03. The van der Waals surface area contributed by atoms with Gasteiger partial charge in [0.1, 0.15) is 0 Å². The fourth-order valence-electron chi connectivity index (χ4n) is 1.50. The topological polar surface area (TPSA) is 46.9 Å². The second-order valence-electron chi connectivity index (χ2n) is 3.52. The molecule has 6 heteroatoms. The third kappa shape index (κ3) is 3.26. The summed E-state index contributed by atoms with van der Waals surface area (Å²) in [6.45, 7) is 1.50. The predicted octanol–water partition coefficient (Wildman–Crippen LogP) is 3.30. The first kappa shape index (κ1) is 12.5. The van der Waals surface area contributed by atoms with E-state index in [0.29, 0.717) is 6.37 Å². The number of rotatable bonds is 3. The van der Waals surface area contributed by atoms with Crippen molar-refractivity contribution in [2.45, 2.75) is 6.92 Å². The van der Waals surface area contributed by atoms with E-state index in [-0.39, 0.29) is 5.91 Å². The number of nitrogens with zero attached hydrogens (tertiary/aromatic N) is 2. The summed E-state index contributed by atoms with van der Waals surface area (Å²) in [7, 11) is 0. The molecule has 1 heterocycles. The number of benzene rings is 1. The van der Waals surface area contributed by atoms with Crippen LogP contribution in [0.5, 0.6) is 0 Å². The second-order valence-corrected chi connectivity index (χ2v) is 5.59. The SMILES string of the molecule is CC(=O)Nc1cccc(-c2cnn(PI)c2)c1. The van der Waals surface area contributed by atoms with Crippen molar-refractivity contribution in [3.05, 3.63) is 36.7 Å². The molecule has 1 N–H and O–H groups in total. The van der Waals surface area contributed by atoms with Gasteiger partial charge in [0.2, 0.25) is 5.91 Å². The van der Waals surface area contributed by atoms with E-state index in [1.807, 2.05) is 41.1 Å². The van der Waals surface area contributed by atoms with Gasteiger partial charge in [-0.2, -0.15) is 5.10 Å². The molecule has 17 heavy (non-hydrogen) atoms. The fraction of sp³-hybridized carbons (Fsp3) is 0.0909. The van der Waals surface area contributed by atoms with Gasteiger partial charge in [-0.3, -0.25) is 4.79 Å². The number of hydrogen-bond acceptors (Lipinski definition) is 2. The molecule has 0 spiro atoms. The number of carbonyl (C=O) groups is 1. The van der Waals surface area contributed by atoms with Gasteiger partial charge >= 0.3 is 0 Å². The largest absolute Gasteiger partial charge is 0.326 e. The zero-order chi connectivity index (χ0) is 12.3. The summed E-state index contributed by atoms with van der Waals surface area (Å²) in [6.07, 6.45) is 4.42. The van der Waals surface area contributed by atoms with Gasteiger partial charge < -0.3 is 5.32 Å². The Morgan fingerprint density at radius 2 is 2.29 bits per heavy atom. The monoisotopic (exact) mass is 359 g/mol. The Labute approximate surface area is 114 Å². The van der Waals surface area contributed by atoms with Crippen molar-refractivity contribution in [3.8, 4) is 11.1 Å². The van der Waals surface area contributed by atoms with Crippen molar-refractivity contribution < 1.29 is 4.79 Å². The normalized spacial score (nSPS) is 10.9. The summed E-state index contributed by atoms with van der Waals surface area (Å²) in [6, 6.07) is 7.74. The lowest BCUT2D eigenvalue weighted by atomic mass is 10.1. The Bertz CT molecular complexity index is 541. The van der Waals surface area contributed by atoms with Gasteiger partial charge in [0.05, 0.1) is 12.6 Å². The molecule has 1 aromatic carbocycles. The van der Waals surface area contributed by atoms with Crippen LogP contribution in [0.1, 0.15) is 6.92 Å². The van der Waals surface area contributed by atoms with E-state index in [1.54, 1.807) is 0 Å². The summed E-state index contributed by atoms with van der Waals surface area (Å²) >= 11 is 2.28. The first-order chi connectivity index (χ1) is 8.19. The predicted molar refractivity (Wildman–Crippen MR) is 79.7 cm³/mol. The van der Waals surface area contributed by atoms with Crippen LogP contribution in [0, 0.1) is 0 Å². The van der Waals surface area contributed by atoms with Gasteiger partial charge in [-0.05, 0) is 39.7 Å². The molecule has 1 unspecified atom stereocenters. The molecule has 88 valence electrons. The van der Waals surface area contributed by atoms with Gasteiger partial charge in [-0.25, -0.2) is 4.45 Å². The number of amides is 1. The molecule has 0 saturated carbocycles. The van der Waals surface area contributed by atoms with Crippen LogP contribution in [0.3, 0.4) is 0 Å². The van der Waals surface area contributed by atoms with Gasteiger partial charge in [-0.15, -0.1) is 0 Å².